The highest BCUT2D eigenvalue weighted by atomic mass is 32.2. The Morgan fingerprint density at radius 3 is 2.42 bits per heavy atom. The van der Waals surface area contributed by atoms with Crippen molar-refractivity contribution in [1.29, 1.82) is 0 Å². The van der Waals surface area contributed by atoms with Gasteiger partial charge in [-0.05, 0) is 36.6 Å². The molecule has 1 saturated heterocycles. The number of halogens is 3. The number of thioether (sulfide) groups is 1. The van der Waals surface area contributed by atoms with Gasteiger partial charge in [-0.3, -0.25) is 14.5 Å². The molecule has 0 aliphatic carbocycles. The molecule has 4 nitrogen and oxygen atoms in total. The summed E-state index contributed by atoms with van der Waals surface area (Å²) in [7, 11) is 0. The van der Waals surface area contributed by atoms with Crippen LogP contribution in [-0.2, 0) is 15.8 Å². The van der Waals surface area contributed by atoms with Crippen molar-refractivity contribution in [3.05, 3.63) is 40.3 Å². The Balaban J connectivity index is 1.97. The number of hydrogen-bond donors (Lipinski definition) is 1. The van der Waals surface area contributed by atoms with Crippen molar-refractivity contribution < 1.29 is 27.9 Å². The van der Waals surface area contributed by atoms with Crippen molar-refractivity contribution in [3.63, 3.8) is 0 Å². The second-order valence-corrected chi connectivity index (χ2v) is 7.33. The molecule has 0 aromatic heterocycles. The third-order valence-electron chi connectivity index (χ3n) is 3.68. The van der Waals surface area contributed by atoms with Crippen LogP contribution in [0.3, 0.4) is 0 Å². The van der Waals surface area contributed by atoms with Crippen LogP contribution in [0.2, 0.25) is 0 Å². The summed E-state index contributed by atoms with van der Waals surface area (Å²) >= 11 is 6.29. The molecule has 1 N–H and O–H groups in total. The maximum Gasteiger partial charge on any atom is 0.416 e. The number of unbranched alkanes of at least 4 members (excludes halogenated alkanes) is 2. The van der Waals surface area contributed by atoms with E-state index in [1.807, 2.05) is 0 Å². The maximum absolute atomic E-state index is 12.6. The summed E-state index contributed by atoms with van der Waals surface area (Å²) in [6.45, 7) is 0.397. The number of nitrogens with zero attached hydrogens (tertiary/aromatic N) is 1. The number of benzene rings is 1. The summed E-state index contributed by atoms with van der Waals surface area (Å²) < 4.78 is 38.1. The van der Waals surface area contributed by atoms with Gasteiger partial charge in [0, 0.05) is 13.0 Å². The minimum atomic E-state index is -4.40. The minimum Gasteiger partial charge on any atom is -0.481 e. The maximum atomic E-state index is 12.6. The third kappa shape index (κ3) is 5.57. The molecule has 0 bridgehead atoms. The molecule has 2 rings (SSSR count). The molecule has 1 aliphatic rings. The van der Waals surface area contributed by atoms with Gasteiger partial charge in [0.2, 0.25) is 0 Å². The summed E-state index contributed by atoms with van der Waals surface area (Å²) in [4.78, 5) is 24.7. The van der Waals surface area contributed by atoms with Crippen LogP contribution >= 0.6 is 24.0 Å². The van der Waals surface area contributed by atoms with Crippen molar-refractivity contribution >= 4 is 46.3 Å². The van der Waals surface area contributed by atoms with E-state index in [1.54, 1.807) is 0 Å². The largest absolute Gasteiger partial charge is 0.481 e. The molecule has 0 saturated carbocycles. The molecule has 1 aromatic rings. The zero-order valence-electron chi connectivity index (χ0n) is 13.6. The van der Waals surface area contributed by atoms with Gasteiger partial charge in [0.25, 0.3) is 5.91 Å². The lowest BCUT2D eigenvalue weighted by Crippen LogP contribution is -2.29. The van der Waals surface area contributed by atoms with E-state index < -0.39 is 17.7 Å². The quantitative estimate of drug-likeness (QED) is 0.411. The molecule has 1 aliphatic heterocycles. The van der Waals surface area contributed by atoms with Gasteiger partial charge in [-0.25, -0.2) is 0 Å². The zero-order chi connectivity index (χ0) is 19.3. The Kier molecular flexibility index (Phi) is 6.82. The highest BCUT2D eigenvalue weighted by Gasteiger charge is 2.32. The fraction of sp³-hybridized carbons (Fsp3) is 0.353. The molecule has 1 aromatic carbocycles. The van der Waals surface area contributed by atoms with Crippen LogP contribution in [0.4, 0.5) is 13.2 Å². The van der Waals surface area contributed by atoms with Crippen LogP contribution < -0.4 is 0 Å². The average molecular weight is 403 g/mol. The van der Waals surface area contributed by atoms with E-state index >= 15 is 0 Å². The Morgan fingerprint density at radius 2 is 1.85 bits per heavy atom. The normalized spacial score (nSPS) is 16.6. The van der Waals surface area contributed by atoms with E-state index in [9.17, 15) is 22.8 Å². The van der Waals surface area contributed by atoms with Crippen molar-refractivity contribution in [2.45, 2.75) is 31.9 Å². The SMILES string of the molecule is O=C(O)CCCCCN1C(=O)C(=Cc2ccc(C(F)(F)F)cc2)SC1=S. The number of carboxylic acid groups (broad SMARTS) is 1. The molecule has 9 heteroatoms. The predicted octanol–water partition coefficient (Wildman–Crippen LogP) is 4.55. The standard InChI is InChI=1S/C17H16F3NO3S2/c18-17(19,20)12-7-5-11(6-8-12)10-13-15(24)21(16(25)26-13)9-3-1-2-4-14(22)23/h5-8,10H,1-4,9H2,(H,22,23). The van der Waals surface area contributed by atoms with Gasteiger partial charge >= 0.3 is 12.1 Å². The fourth-order valence-electron chi connectivity index (χ4n) is 2.34. The van der Waals surface area contributed by atoms with Gasteiger partial charge in [0.15, 0.2) is 0 Å². The van der Waals surface area contributed by atoms with Crippen molar-refractivity contribution in [1.82, 2.24) is 4.90 Å². The molecule has 140 valence electrons. The summed E-state index contributed by atoms with van der Waals surface area (Å²) in [5.41, 5.74) is -0.261. The molecule has 0 radical (unpaired) electrons. The predicted molar refractivity (Wildman–Crippen MR) is 97.4 cm³/mol. The molecule has 0 atom stereocenters. The van der Waals surface area contributed by atoms with E-state index in [2.05, 4.69) is 0 Å². The van der Waals surface area contributed by atoms with Crippen molar-refractivity contribution in [2.75, 3.05) is 6.54 Å². The first-order valence-corrected chi connectivity index (χ1v) is 9.05. The zero-order valence-corrected chi connectivity index (χ0v) is 15.2. The number of amides is 1. The Bertz CT molecular complexity index is 730. The number of carboxylic acids is 1. The Labute approximate surface area is 158 Å². The van der Waals surface area contributed by atoms with Gasteiger partial charge in [-0.2, -0.15) is 13.2 Å². The summed E-state index contributed by atoms with van der Waals surface area (Å²) in [6.07, 6.45) is -0.960. The lowest BCUT2D eigenvalue weighted by Gasteiger charge is -2.13. The molecule has 1 fully saturated rings. The van der Waals surface area contributed by atoms with Gasteiger partial charge in [-0.15, -0.1) is 0 Å². The minimum absolute atomic E-state index is 0.0895. The summed E-state index contributed by atoms with van der Waals surface area (Å²) in [6, 6.07) is 4.55. The smallest absolute Gasteiger partial charge is 0.416 e. The Morgan fingerprint density at radius 1 is 1.19 bits per heavy atom. The first-order chi connectivity index (χ1) is 12.2. The molecular formula is C17H16F3NO3S2. The number of alkyl halides is 3. The number of aliphatic carboxylic acids is 1. The molecule has 0 spiro atoms. The average Bonchev–Trinajstić information content (AvgIpc) is 2.81. The number of carbonyl (C=O) groups is 2. The van der Waals surface area contributed by atoms with Crippen LogP contribution in [0.25, 0.3) is 6.08 Å². The van der Waals surface area contributed by atoms with E-state index in [0.29, 0.717) is 40.6 Å². The van der Waals surface area contributed by atoms with Gasteiger partial charge in [0.05, 0.1) is 10.5 Å². The molecule has 26 heavy (non-hydrogen) atoms. The van der Waals surface area contributed by atoms with Gasteiger partial charge in [-0.1, -0.05) is 42.5 Å². The van der Waals surface area contributed by atoms with E-state index in [1.165, 1.54) is 23.1 Å². The van der Waals surface area contributed by atoms with E-state index in [4.69, 9.17) is 17.3 Å². The second kappa shape index (κ2) is 8.68. The van der Waals surface area contributed by atoms with Crippen molar-refractivity contribution in [2.24, 2.45) is 0 Å². The number of hydrogen-bond acceptors (Lipinski definition) is 4. The third-order valence-corrected chi connectivity index (χ3v) is 5.06. The molecular weight excluding hydrogens is 387 g/mol. The first-order valence-electron chi connectivity index (χ1n) is 7.83. The molecule has 0 unspecified atom stereocenters. The van der Waals surface area contributed by atoms with E-state index in [-0.39, 0.29) is 12.3 Å². The van der Waals surface area contributed by atoms with Crippen LogP contribution in [0, 0.1) is 0 Å². The topological polar surface area (TPSA) is 57.6 Å². The van der Waals surface area contributed by atoms with Crippen molar-refractivity contribution in [3.8, 4) is 0 Å². The monoisotopic (exact) mass is 403 g/mol. The van der Waals surface area contributed by atoms with Crippen LogP contribution in [0.1, 0.15) is 36.8 Å². The Hall–Kier alpha value is -1.87. The van der Waals surface area contributed by atoms with Gasteiger partial charge in [0.1, 0.15) is 4.32 Å². The lowest BCUT2D eigenvalue weighted by molar-refractivity contribution is -0.138. The molecule has 1 amide bonds. The second-order valence-electron chi connectivity index (χ2n) is 5.66. The number of carbonyl (C=O) groups excluding carboxylic acids is 1. The van der Waals surface area contributed by atoms with E-state index in [0.717, 1.165) is 23.9 Å². The first kappa shape index (κ1) is 20.4. The fourth-order valence-corrected chi connectivity index (χ4v) is 3.64. The molecule has 1 heterocycles. The van der Waals surface area contributed by atoms with Crippen LogP contribution in [0.5, 0.6) is 0 Å². The lowest BCUT2D eigenvalue weighted by atomic mass is 10.1. The summed E-state index contributed by atoms with van der Waals surface area (Å²) in [5, 5.41) is 8.59. The van der Waals surface area contributed by atoms with Gasteiger partial charge < -0.3 is 5.11 Å². The number of thiocarbonyl (C=S) groups is 1. The van der Waals surface area contributed by atoms with Crippen LogP contribution in [-0.4, -0.2) is 32.7 Å². The summed E-state index contributed by atoms with van der Waals surface area (Å²) in [5.74, 6) is -1.13. The highest BCUT2D eigenvalue weighted by Crippen LogP contribution is 2.34. The highest BCUT2D eigenvalue weighted by molar-refractivity contribution is 8.26. The number of rotatable bonds is 7. The van der Waals surface area contributed by atoms with Crippen LogP contribution in [0.15, 0.2) is 29.2 Å².